The zero-order chi connectivity index (χ0) is 9.03. The number of rotatable bonds is 2. The molecule has 0 atom stereocenters. The van der Waals surface area contributed by atoms with Crippen LogP contribution in [0.15, 0.2) is 35.2 Å². The summed E-state index contributed by atoms with van der Waals surface area (Å²) in [7, 11) is -3.19. The Morgan fingerprint density at radius 1 is 1.25 bits per heavy atom. The average molecular weight is 180 g/mol. The van der Waals surface area contributed by atoms with Crippen LogP contribution >= 0.6 is 0 Å². The first-order valence-corrected chi connectivity index (χ1v) is 5.14. The second-order valence-electron chi connectivity index (χ2n) is 2.33. The van der Waals surface area contributed by atoms with Gasteiger partial charge in [-0.05, 0) is 0 Å². The molecule has 12 heavy (non-hydrogen) atoms. The minimum atomic E-state index is -3.19. The third-order valence-corrected chi connectivity index (χ3v) is 2.95. The van der Waals surface area contributed by atoms with Crippen molar-refractivity contribution in [2.24, 2.45) is 0 Å². The van der Waals surface area contributed by atoms with Gasteiger partial charge in [0.25, 0.3) is 0 Å². The van der Waals surface area contributed by atoms with Crippen molar-refractivity contribution in [2.45, 2.75) is 11.7 Å². The van der Waals surface area contributed by atoms with Gasteiger partial charge in [0.1, 0.15) is 0 Å². The van der Waals surface area contributed by atoms with Gasteiger partial charge in [0, 0.05) is 0 Å². The molecule has 1 aromatic rings. The van der Waals surface area contributed by atoms with Crippen LogP contribution in [0.1, 0.15) is 0 Å². The van der Waals surface area contributed by atoms with E-state index >= 15 is 0 Å². The molecule has 0 radical (unpaired) electrons. The molecule has 0 saturated heterocycles. The van der Waals surface area contributed by atoms with Gasteiger partial charge < -0.3 is 0 Å². The Balaban J connectivity index is 3.16. The molecule has 0 aliphatic heterocycles. The Kier molecular flexibility index (Phi) is 2.81. The summed E-state index contributed by atoms with van der Waals surface area (Å²) in [6, 6.07) is 8.35. The molecular formula is C8H9BO2S. The molecule has 0 bridgehead atoms. The zero-order valence-electron chi connectivity index (χ0n) is 6.77. The summed E-state index contributed by atoms with van der Waals surface area (Å²) < 4.78 is 22.7. The third kappa shape index (κ3) is 2.04. The Hall–Kier alpha value is -0.895. The van der Waals surface area contributed by atoms with Crippen molar-refractivity contribution in [3.8, 4) is 0 Å². The molecule has 0 aliphatic carbocycles. The van der Waals surface area contributed by atoms with Crippen LogP contribution in [0.4, 0.5) is 0 Å². The van der Waals surface area contributed by atoms with E-state index in [0.717, 1.165) is 0 Å². The normalized spacial score (nSPS) is 11.4. The molecule has 1 rings (SSSR count). The molecule has 0 aliphatic rings. The first kappa shape index (κ1) is 9.19. The Labute approximate surface area is 73.1 Å². The van der Waals surface area contributed by atoms with Gasteiger partial charge >= 0.3 is 72.5 Å². The van der Waals surface area contributed by atoms with Crippen molar-refractivity contribution < 1.29 is 8.42 Å². The molecule has 0 aromatic heterocycles. The standard InChI is InChI=1S/C8H9BO2S/c1-9-7-12(10,11)8-5-3-2-4-6-8/h2-7H,1H3. The summed E-state index contributed by atoms with van der Waals surface area (Å²) in [5, 5.41) is 1.20. The molecule has 0 fully saturated rings. The van der Waals surface area contributed by atoms with Crippen molar-refractivity contribution in [2.75, 3.05) is 0 Å². The van der Waals surface area contributed by atoms with Gasteiger partial charge in [0.05, 0.1) is 0 Å². The fourth-order valence-electron chi connectivity index (χ4n) is 0.868. The maximum absolute atomic E-state index is 11.3. The van der Waals surface area contributed by atoms with E-state index in [-0.39, 0.29) is 0 Å². The number of hydrogen-bond donors (Lipinski definition) is 0. The molecule has 0 saturated carbocycles. The van der Waals surface area contributed by atoms with Crippen molar-refractivity contribution in [3.63, 3.8) is 0 Å². The first-order valence-electron chi connectivity index (χ1n) is 3.59. The molecule has 0 heterocycles. The van der Waals surface area contributed by atoms with Gasteiger partial charge in [0.15, 0.2) is 0 Å². The summed E-state index contributed by atoms with van der Waals surface area (Å²) in [6.07, 6.45) is 0. The summed E-state index contributed by atoms with van der Waals surface area (Å²) >= 11 is 0. The van der Waals surface area contributed by atoms with Gasteiger partial charge in [0.2, 0.25) is 0 Å². The number of sulfone groups is 1. The quantitative estimate of drug-likeness (QED) is 0.635. The fraction of sp³-hybridized carbons (Fsp3) is 0.125. The van der Waals surface area contributed by atoms with Gasteiger partial charge in [-0.2, -0.15) is 0 Å². The van der Waals surface area contributed by atoms with Gasteiger partial charge in [-0.25, -0.2) is 0 Å². The minimum absolute atomic E-state index is 0.336. The summed E-state index contributed by atoms with van der Waals surface area (Å²) in [6.45, 7) is 3.20. The first-order chi connectivity index (χ1) is 5.67. The van der Waals surface area contributed by atoms with Crippen LogP contribution in [-0.2, 0) is 9.84 Å². The van der Waals surface area contributed by atoms with Crippen LogP contribution in [0.3, 0.4) is 0 Å². The van der Waals surface area contributed by atoms with Gasteiger partial charge in [-0.3, -0.25) is 0 Å². The number of benzene rings is 1. The van der Waals surface area contributed by atoms with E-state index in [1.165, 1.54) is 12.2 Å². The fourth-order valence-corrected chi connectivity index (χ4v) is 1.92. The zero-order valence-corrected chi connectivity index (χ0v) is 7.58. The molecule has 4 heteroatoms. The topological polar surface area (TPSA) is 34.1 Å². The van der Waals surface area contributed by atoms with E-state index in [2.05, 4.69) is 0 Å². The van der Waals surface area contributed by atoms with Gasteiger partial charge in [-0.1, -0.05) is 0 Å². The summed E-state index contributed by atoms with van der Waals surface area (Å²) in [5.74, 6) is 0. The SMILES string of the molecule is CB=CS(=O)(=O)c1ccccc1. The van der Waals surface area contributed by atoms with Crippen molar-refractivity contribution in [1.82, 2.24) is 0 Å². The number of hydrogen-bond acceptors (Lipinski definition) is 2. The van der Waals surface area contributed by atoms with E-state index in [1.807, 2.05) is 0 Å². The summed E-state index contributed by atoms with van der Waals surface area (Å²) in [4.78, 5) is 0.336. The van der Waals surface area contributed by atoms with Gasteiger partial charge in [-0.15, -0.1) is 0 Å². The van der Waals surface area contributed by atoms with Crippen LogP contribution in [0, 0.1) is 0 Å². The van der Waals surface area contributed by atoms with Crippen LogP contribution in [0.25, 0.3) is 0 Å². The molecule has 62 valence electrons. The third-order valence-electron chi connectivity index (χ3n) is 1.39. The monoisotopic (exact) mass is 180 g/mol. The average Bonchev–Trinajstić information content (AvgIpc) is 2.06. The Morgan fingerprint density at radius 3 is 2.33 bits per heavy atom. The molecule has 0 N–H and O–H groups in total. The molecule has 0 spiro atoms. The second-order valence-corrected chi connectivity index (χ2v) is 4.16. The maximum atomic E-state index is 11.3. The van der Waals surface area contributed by atoms with Crippen LogP contribution in [-0.4, -0.2) is 20.6 Å². The Bertz CT molecular complexity index is 367. The van der Waals surface area contributed by atoms with E-state index < -0.39 is 9.84 Å². The van der Waals surface area contributed by atoms with Crippen LogP contribution in [0.2, 0.25) is 6.82 Å². The van der Waals surface area contributed by atoms with E-state index in [9.17, 15) is 8.42 Å². The van der Waals surface area contributed by atoms with Crippen LogP contribution in [0.5, 0.6) is 0 Å². The van der Waals surface area contributed by atoms with Crippen LogP contribution < -0.4 is 0 Å². The molecule has 2 nitrogen and oxygen atoms in total. The van der Waals surface area contributed by atoms with Crippen molar-refractivity contribution in [1.29, 1.82) is 0 Å². The molecule has 1 aromatic carbocycles. The predicted molar refractivity (Wildman–Crippen MR) is 51.3 cm³/mol. The van der Waals surface area contributed by atoms with E-state index in [0.29, 0.717) is 4.90 Å². The second kappa shape index (κ2) is 3.67. The van der Waals surface area contributed by atoms with E-state index in [1.54, 1.807) is 37.2 Å². The Morgan fingerprint density at radius 2 is 1.83 bits per heavy atom. The van der Waals surface area contributed by atoms with Crippen molar-refractivity contribution in [3.05, 3.63) is 30.3 Å². The predicted octanol–water partition coefficient (Wildman–Crippen LogP) is 0.972. The molecule has 0 amide bonds. The van der Waals surface area contributed by atoms with E-state index in [4.69, 9.17) is 0 Å². The molecular weight excluding hydrogens is 171 g/mol. The summed E-state index contributed by atoms with van der Waals surface area (Å²) in [5.41, 5.74) is 0. The molecule has 0 unspecified atom stereocenters. The van der Waals surface area contributed by atoms with Crippen molar-refractivity contribution >= 4 is 22.1 Å².